The number of hydrogen-bond acceptors (Lipinski definition) is 3. The third kappa shape index (κ3) is 2.51. The predicted molar refractivity (Wildman–Crippen MR) is 59.9 cm³/mol. The summed E-state index contributed by atoms with van der Waals surface area (Å²) in [6.07, 6.45) is -3.12. The van der Waals surface area contributed by atoms with Crippen molar-refractivity contribution in [2.24, 2.45) is 0 Å². The second kappa shape index (κ2) is 4.30. The van der Waals surface area contributed by atoms with Gasteiger partial charge in [0, 0.05) is 6.20 Å². The number of anilines is 1. The summed E-state index contributed by atoms with van der Waals surface area (Å²) in [6.45, 7) is 0. The molecule has 0 aliphatic rings. The van der Waals surface area contributed by atoms with Gasteiger partial charge in [-0.1, -0.05) is 0 Å². The number of aromatic carboxylic acids is 1. The first-order valence-corrected chi connectivity index (χ1v) is 5.04. The molecule has 0 saturated heterocycles. The van der Waals surface area contributed by atoms with E-state index in [0.717, 1.165) is 16.9 Å². The van der Waals surface area contributed by atoms with Gasteiger partial charge in [-0.2, -0.15) is 18.3 Å². The molecule has 100 valence electrons. The first-order valence-electron chi connectivity index (χ1n) is 5.04. The highest BCUT2D eigenvalue weighted by Crippen LogP contribution is 2.30. The van der Waals surface area contributed by atoms with Crippen LogP contribution in [0.2, 0.25) is 0 Å². The van der Waals surface area contributed by atoms with E-state index in [-0.39, 0.29) is 16.9 Å². The third-order valence-corrected chi connectivity index (χ3v) is 2.43. The van der Waals surface area contributed by atoms with E-state index in [1.807, 2.05) is 0 Å². The molecule has 1 aromatic carbocycles. The van der Waals surface area contributed by atoms with Gasteiger partial charge in [-0.05, 0) is 18.2 Å². The maximum atomic E-state index is 12.4. The number of rotatable bonds is 2. The molecule has 8 heteroatoms. The van der Waals surface area contributed by atoms with Crippen LogP contribution in [0.15, 0.2) is 30.6 Å². The van der Waals surface area contributed by atoms with Crippen molar-refractivity contribution in [2.75, 3.05) is 5.73 Å². The minimum absolute atomic E-state index is 0.0791. The van der Waals surface area contributed by atoms with Crippen LogP contribution in [-0.4, -0.2) is 20.9 Å². The van der Waals surface area contributed by atoms with Gasteiger partial charge >= 0.3 is 12.1 Å². The average Bonchev–Trinajstić information content (AvgIpc) is 2.78. The number of hydrogen-bond donors (Lipinski definition) is 2. The van der Waals surface area contributed by atoms with Crippen molar-refractivity contribution in [2.45, 2.75) is 6.18 Å². The lowest BCUT2D eigenvalue weighted by atomic mass is 10.2. The smallest absolute Gasteiger partial charge is 0.419 e. The number of carboxylic acid groups (broad SMARTS) is 1. The summed E-state index contributed by atoms with van der Waals surface area (Å²) in [5.74, 6) is -1.20. The number of halogens is 3. The van der Waals surface area contributed by atoms with Gasteiger partial charge in [0.1, 0.15) is 0 Å². The molecular formula is C11H8F3N3O2. The summed E-state index contributed by atoms with van der Waals surface area (Å²) in [6, 6.07) is 3.72. The maximum Gasteiger partial charge on any atom is 0.419 e. The Bertz CT molecular complexity index is 634. The molecule has 0 atom stereocenters. The molecule has 0 fully saturated rings. The zero-order valence-electron chi connectivity index (χ0n) is 9.35. The van der Waals surface area contributed by atoms with Crippen molar-refractivity contribution in [1.29, 1.82) is 0 Å². The summed E-state index contributed by atoms with van der Waals surface area (Å²) in [5.41, 5.74) is 4.78. The van der Waals surface area contributed by atoms with Crippen LogP contribution in [0, 0.1) is 0 Å². The number of nitrogens with zero attached hydrogens (tertiary/aromatic N) is 2. The summed E-state index contributed by atoms with van der Waals surface area (Å²) in [5, 5.41) is 12.4. The Morgan fingerprint density at radius 3 is 2.58 bits per heavy atom. The number of aromatic nitrogens is 2. The van der Waals surface area contributed by atoms with Gasteiger partial charge in [0.05, 0.1) is 28.7 Å². The molecule has 1 aromatic heterocycles. The van der Waals surface area contributed by atoms with E-state index in [1.54, 1.807) is 0 Å². The Morgan fingerprint density at radius 2 is 2.05 bits per heavy atom. The molecule has 0 spiro atoms. The first-order chi connectivity index (χ1) is 8.79. The molecular weight excluding hydrogens is 263 g/mol. The highest BCUT2D eigenvalue weighted by Gasteiger charge is 2.32. The van der Waals surface area contributed by atoms with Crippen LogP contribution in [0.25, 0.3) is 5.69 Å². The number of alkyl halides is 3. The number of benzene rings is 1. The quantitative estimate of drug-likeness (QED) is 0.820. The van der Waals surface area contributed by atoms with Gasteiger partial charge in [0.2, 0.25) is 0 Å². The van der Waals surface area contributed by atoms with Gasteiger partial charge < -0.3 is 10.8 Å². The molecule has 0 aliphatic carbocycles. The highest BCUT2D eigenvalue weighted by molar-refractivity contribution is 5.89. The van der Waals surface area contributed by atoms with Gasteiger partial charge in [0.25, 0.3) is 0 Å². The summed E-state index contributed by atoms with van der Waals surface area (Å²) < 4.78 is 38.2. The van der Waals surface area contributed by atoms with E-state index in [1.165, 1.54) is 12.1 Å². The van der Waals surface area contributed by atoms with Crippen LogP contribution in [0.4, 0.5) is 18.9 Å². The fourth-order valence-electron chi connectivity index (χ4n) is 1.48. The molecule has 3 N–H and O–H groups in total. The molecule has 0 saturated carbocycles. The lowest BCUT2D eigenvalue weighted by Crippen LogP contribution is -2.05. The number of nitrogens with two attached hydrogens (primary N) is 1. The molecule has 2 aromatic rings. The van der Waals surface area contributed by atoms with Crippen molar-refractivity contribution in [3.8, 4) is 5.69 Å². The Balaban J connectivity index is 2.49. The van der Waals surface area contributed by atoms with Gasteiger partial charge in [-0.15, -0.1) is 0 Å². The topological polar surface area (TPSA) is 81.1 Å². The van der Waals surface area contributed by atoms with Crippen LogP contribution in [0.3, 0.4) is 0 Å². The van der Waals surface area contributed by atoms with Crippen LogP contribution >= 0.6 is 0 Å². The van der Waals surface area contributed by atoms with E-state index < -0.39 is 17.7 Å². The normalized spacial score (nSPS) is 11.5. The second-order valence-electron chi connectivity index (χ2n) is 3.75. The number of nitrogen functional groups attached to an aromatic ring is 1. The number of carboxylic acids is 1. The van der Waals surface area contributed by atoms with Crippen LogP contribution < -0.4 is 5.73 Å². The van der Waals surface area contributed by atoms with E-state index in [0.29, 0.717) is 6.20 Å². The standard InChI is InChI=1S/C11H8F3N3O2/c12-11(13,14)7-4-16-17(5-7)9-3-6(10(18)19)1-2-8(9)15/h1-5H,15H2,(H,18,19). The Kier molecular flexibility index (Phi) is 2.93. The van der Waals surface area contributed by atoms with Crippen molar-refractivity contribution in [1.82, 2.24) is 9.78 Å². The molecule has 5 nitrogen and oxygen atoms in total. The zero-order valence-corrected chi connectivity index (χ0v) is 9.35. The minimum Gasteiger partial charge on any atom is -0.478 e. The van der Waals surface area contributed by atoms with Crippen LogP contribution in [0.5, 0.6) is 0 Å². The van der Waals surface area contributed by atoms with Crippen molar-refractivity contribution >= 4 is 11.7 Å². The van der Waals surface area contributed by atoms with Crippen molar-refractivity contribution in [3.63, 3.8) is 0 Å². The lowest BCUT2D eigenvalue weighted by Gasteiger charge is -2.07. The molecule has 19 heavy (non-hydrogen) atoms. The van der Waals surface area contributed by atoms with E-state index in [2.05, 4.69) is 5.10 Å². The molecule has 0 unspecified atom stereocenters. The Hall–Kier alpha value is -2.51. The Labute approximate surface area is 105 Å². The fraction of sp³-hybridized carbons (Fsp3) is 0.0909. The van der Waals surface area contributed by atoms with E-state index in [9.17, 15) is 18.0 Å². The van der Waals surface area contributed by atoms with Crippen LogP contribution in [-0.2, 0) is 6.18 Å². The largest absolute Gasteiger partial charge is 0.478 e. The minimum atomic E-state index is -4.52. The maximum absolute atomic E-state index is 12.4. The summed E-state index contributed by atoms with van der Waals surface area (Å²) in [4.78, 5) is 10.8. The summed E-state index contributed by atoms with van der Waals surface area (Å²) >= 11 is 0. The highest BCUT2D eigenvalue weighted by atomic mass is 19.4. The number of carbonyl (C=O) groups is 1. The third-order valence-electron chi connectivity index (χ3n) is 2.43. The molecule has 0 bridgehead atoms. The zero-order chi connectivity index (χ0) is 14.2. The van der Waals surface area contributed by atoms with Crippen molar-refractivity contribution < 1.29 is 23.1 Å². The van der Waals surface area contributed by atoms with Crippen LogP contribution in [0.1, 0.15) is 15.9 Å². The molecule has 0 aliphatic heterocycles. The second-order valence-corrected chi connectivity index (χ2v) is 3.75. The lowest BCUT2D eigenvalue weighted by molar-refractivity contribution is -0.137. The summed E-state index contributed by atoms with van der Waals surface area (Å²) in [7, 11) is 0. The van der Waals surface area contributed by atoms with E-state index in [4.69, 9.17) is 10.8 Å². The first kappa shape index (κ1) is 12.9. The SMILES string of the molecule is Nc1ccc(C(=O)O)cc1-n1cc(C(F)(F)F)cn1. The predicted octanol–water partition coefficient (Wildman–Crippen LogP) is 2.17. The monoisotopic (exact) mass is 271 g/mol. The average molecular weight is 271 g/mol. The molecule has 1 heterocycles. The van der Waals surface area contributed by atoms with Gasteiger partial charge in [-0.3, -0.25) is 0 Å². The van der Waals surface area contributed by atoms with Crippen molar-refractivity contribution in [3.05, 3.63) is 41.7 Å². The fourth-order valence-corrected chi connectivity index (χ4v) is 1.48. The molecule has 2 rings (SSSR count). The Morgan fingerprint density at radius 1 is 1.37 bits per heavy atom. The van der Waals surface area contributed by atoms with Gasteiger partial charge in [-0.25, -0.2) is 9.48 Å². The molecule has 0 radical (unpaired) electrons. The van der Waals surface area contributed by atoms with Gasteiger partial charge in [0.15, 0.2) is 0 Å². The molecule has 0 amide bonds. The van der Waals surface area contributed by atoms with E-state index >= 15 is 0 Å².